The first kappa shape index (κ1) is 13.0. The van der Waals surface area contributed by atoms with Crippen molar-refractivity contribution in [2.75, 3.05) is 0 Å². The van der Waals surface area contributed by atoms with Crippen molar-refractivity contribution in [3.05, 3.63) is 69.7 Å². The van der Waals surface area contributed by atoms with Crippen LogP contribution in [0.4, 0.5) is 8.78 Å². The summed E-state index contributed by atoms with van der Waals surface area (Å²) in [4.78, 5) is 0. The minimum atomic E-state index is -0.913. The van der Waals surface area contributed by atoms with E-state index in [0.717, 1.165) is 11.6 Å². The summed E-state index contributed by atoms with van der Waals surface area (Å²) in [5.74, 6) is -1.81. The molecule has 0 bridgehead atoms. The Hall–Kier alpha value is -1.45. The first-order chi connectivity index (χ1) is 8.52. The second-order valence-electron chi connectivity index (χ2n) is 4.07. The molecule has 4 heteroatoms. The predicted molar refractivity (Wildman–Crippen MR) is 68.6 cm³/mol. The first-order valence-corrected chi connectivity index (χ1v) is 5.84. The molecule has 0 heterocycles. The van der Waals surface area contributed by atoms with Gasteiger partial charge in [-0.25, -0.2) is 8.78 Å². The maximum Gasteiger partial charge on any atom is 0.163 e. The highest BCUT2D eigenvalue weighted by molar-refractivity contribution is 6.31. The number of hydrogen-bond acceptors (Lipinski definition) is 1. The van der Waals surface area contributed by atoms with Crippen LogP contribution < -0.4 is 5.73 Å². The number of nitrogens with two attached hydrogens (primary N) is 1. The topological polar surface area (TPSA) is 26.0 Å². The molecule has 0 spiro atoms. The van der Waals surface area contributed by atoms with Crippen molar-refractivity contribution in [1.82, 2.24) is 0 Å². The van der Waals surface area contributed by atoms with Crippen molar-refractivity contribution in [1.29, 1.82) is 0 Å². The highest BCUT2D eigenvalue weighted by Gasteiger charge is 2.18. The van der Waals surface area contributed by atoms with E-state index in [1.807, 2.05) is 0 Å². The van der Waals surface area contributed by atoms with Crippen molar-refractivity contribution in [3.8, 4) is 0 Å². The van der Waals surface area contributed by atoms with Crippen LogP contribution in [0.15, 0.2) is 36.4 Å². The maximum atomic E-state index is 13.7. The molecule has 2 N–H and O–H groups in total. The Morgan fingerprint density at radius 2 is 1.67 bits per heavy atom. The molecule has 0 saturated carbocycles. The zero-order valence-corrected chi connectivity index (χ0v) is 10.5. The molecule has 0 aliphatic rings. The summed E-state index contributed by atoms with van der Waals surface area (Å²) in [5, 5.41) is 0.555. The molecule has 94 valence electrons. The van der Waals surface area contributed by atoms with E-state index >= 15 is 0 Å². The van der Waals surface area contributed by atoms with Crippen LogP contribution in [0.2, 0.25) is 5.02 Å². The van der Waals surface area contributed by atoms with Gasteiger partial charge in [-0.3, -0.25) is 0 Å². The van der Waals surface area contributed by atoms with E-state index in [0.29, 0.717) is 10.6 Å². The van der Waals surface area contributed by atoms with E-state index in [1.165, 1.54) is 12.1 Å². The van der Waals surface area contributed by atoms with Gasteiger partial charge in [-0.1, -0.05) is 35.9 Å². The Morgan fingerprint density at radius 3 is 2.39 bits per heavy atom. The van der Waals surface area contributed by atoms with Gasteiger partial charge in [-0.05, 0) is 30.2 Å². The van der Waals surface area contributed by atoms with Crippen LogP contribution >= 0.6 is 11.6 Å². The van der Waals surface area contributed by atoms with E-state index in [1.54, 1.807) is 25.1 Å². The molecule has 1 unspecified atom stereocenters. The number of halogens is 3. The highest BCUT2D eigenvalue weighted by atomic mass is 35.5. The molecule has 2 aromatic carbocycles. The van der Waals surface area contributed by atoms with Crippen LogP contribution in [-0.2, 0) is 0 Å². The van der Waals surface area contributed by atoms with Crippen LogP contribution in [0.25, 0.3) is 0 Å². The van der Waals surface area contributed by atoms with E-state index in [2.05, 4.69) is 0 Å². The molecule has 0 amide bonds. The Balaban J connectivity index is 2.51. The van der Waals surface area contributed by atoms with Crippen LogP contribution in [-0.4, -0.2) is 0 Å². The van der Waals surface area contributed by atoms with Crippen molar-refractivity contribution in [2.45, 2.75) is 13.0 Å². The molecule has 2 rings (SSSR count). The Labute approximate surface area is 109 Å². The van der Waals surface area contributed by atoms with Crippen LogP contribution in [0.1, 0.15) is 22.7 Å². The van der Waals surface area contributed by atoms with Crippen LogP contribution in [0.3, 0.4) is 0 Å². The van der Waals surface area contributed by atoms with Crippen molar-refractivity contribution in [2.24, 2.45) is 5.73 Å². The lowest BCUT2D eigenvalue weighted by molar-refractivity contribution is 0.494. The lowest BCUT2D eigenvalue weighted by Gasteiger charge is -2.16. The minimum absolute atomic E-state index is 0.125. The molecule has 0 aliphatic carbocycles. The van der Waals surface area contributed by atoms with Gasteiger partial charge in [0.05, 0.1) is 6.04 Å². The summed E-state index contributed by atoms with van der Waals surface area (Å²) in [6.07, 6.45) is 0. The Kier molecular flexibility index (Phi) is 3.64. The average Bonchev–Trinajstić information content (AvgIpc) is 2.35. The molecular formula is C14H12ClF2N. The zero-order valence-electron chi connectivity index (χ0n) is 9.75. The zero-order chi connectivity index (χ0) is 13.3. The lowest BCUT2D eigenvalue weighted by Crippen LogP contribution is -2.15. The van der Waals surface area contributed by atoms with Gasteiger partial charge in [0.1, 0.15) is 0 Å². The average molecular weight is 268 g/mol. The fourth-order valence-corrected chi connectivity index (χ4v) is 2.07. The second-order valence-corrected chi connectivity index (χ2v) is 4.48. The first-order valence-electron chi connectivity index (χ1n) is 5.47. The molecule has 0 saturated heterocycles. The predicted octanol–water partition coefficient (Wildman–Crippen LogP) is 3.97. The summed E-state index contributed by atoms with van der Waals surface area (Å²) in [7, 11) is 0. The van der Waals surface area contributed by atoms with Gasteiger partial charge >= 0.3 is 0 Å². The Bertz CT molecular complexity index is 533. The standard InChI is InChI=1S/C14H12ClF2N/c1-8-9(4-2-6-11(8)15)14(18)10-5-3-7-12(16)13(10)17/h2-7,14H,18H2,1H3. The molecule has 18 heavy (non-hydrogen) atoms. The second kappa shape index (κ2) is 5.04. The quantitative estimate of drug-likeness (QED) is 0.875. The van der Waals surface area contributed by atoms with E-state index in [-0.39, 0.29) is 5.56 Å². The van der Waals surface area contributed by atoms with E-state index in [4.69, 9.17) is 17.3 Å². The van der Waals surface area contributed by atoms with Gasteiger partial charge in [0, 0.05) is 10.6 Å². The minimum Gasteiger partial charge on any atom is -0.320 e. The van der Waals surface area contributed by atoms with Gasteiger partial charge in [-0.2, -0.15) is 0 Å². The maximum absolute atomic E-state index is 13.7. The number of rotatable bonds is 2. The number of hydrogen-bond donors (Lipinski definition) is 1. The molecular weight excluding hydrogens is 256 g/mol. The summed E-state index contributed by atoms with van der Waals surface area (Å²) >= 11 is 5.99. The fraction of sp³-hybridized carbons (Fsp3) is 0.143. The molecule has 1 atom stereocenters. The molecule has 1 nitrogen and oxygen atoms in total. The summed E-state index contributed by atoms with van der Waals surface area (Å²) < 4.78 is 26.9. The monoisotopic (exact) mass is 267 g/mol. The van der Waals surface area contributed by atoms with Crippen molar-refractivity contribution < 1.29 is 8.78 Å². The molecule has 0 radical (unpaired) electrons. The normalized spacial score (nSPS) is 12.5. The van der Waals surface area contributed by atoms with Gasteiger partial charge in [0.2, 0.25) is 0 Å². The molecule has 0 aliphatic heterocycles. The van der Waals surface area contributed by atoms with Crippen molar-refractivity contribution in [3.63, 3.8) is 0 Å². The smallest absolute Gasteiger partial charge is 0.163 e. The van der Waals surface area contributed by atoms with Gasteiger partial charge in [-0.15, -0.1) is 0 Å². The van der Waals surface area contributed by atoms with Gasteiger partial charge in [0.15, 0.2) is 11.6 Å². The molecule has 2 aromatic rings. The fourth-order valence-electron chi connectivity index (χ4n) is 1.89. The summed E-state index contributed by atoms with van der Waals surface area (Å²) in [5.41, 5.74) is 7.58. The van der Waals surface area contributed by atoms with E-state index < -0.39 is 17.7 Å². The molecule has 0 fully saturated rings. The lowest BCUT2D eigenvalue weighted by atomic mass is 9.95. The third-order valence-electron chi connectivity index (χ3n) is 2.96. The third kappa shape index (κ3) is 2.24. The van der Waals surface area contributed by atoms with Crippen molar-refractivity contribution >= 4 is 11.6 Å². The summed E-state index contributed by atoms with van der Waals surface area (Å²) in [6.45, 7) is 1.80. The van der Waals surface area contributed by atoms with Crippen LogP contribution in [0, 0.1) is 18.6 Å². The van der Waals surface area contributed by atoms with Crippen LogP contribution in [0.5, 0.6) is 0 Å². The van der Waals surface area contributed by atoms with E-state index in [9.17, 15) is 8.78 Å². The summed E-state index contributed by atoms with van der Waals surface area (Å²) in [6, 6.07) is 8.47. The highest BCUT2D eigenvalue weighted by Crippen LogP contribution is 2.28. The largest absolute Gasteiger partial charge is 0.320 e. The Morgan fingerprint density at radius 1 is 1.06 bits per heavy atom. The third-order valence-corrected chi connectivity index (χ3v) is 3.37. The SMILES string of the molecule is Cc1c(Cl)cccc1C(N)c1cccc(F)c1F. The number of benzene rings is 2. The van der Waals surface area contributed by atoms with Gasteiger partial charge < -0.3 is 5.73 Å². The van der Waals surface area contributed by atoms with Gasteiger partial charge in [0.25, 0.3) is 0 Å². The molecule has 0 aromatic heterocycles.